The summed E-state index contributed by atoms with van der Waals surface area (Å²) < 4.78 is 7.80. The molecule has 0 bridgehead atoms. The number of nitrogen functional groups attached to an aromatic ring is 1. The van der Waals surface area contributed by atoms with E-state index in [4.69, 9.17) is 22.7 Å². The van der Waals surface area contributed by atoms with Gasteiger partial charge in [-0.3, -0.25) is 4.57 Å². The van der Waals surface area contributed by atoms with Crippen molar-refractivity contribution < 1.29 is 9.84 Å². The van der Waals surface area contributed by atoms with Crippen molar-refractivity contribution in [3.63, 3.8) is 0 Å². The van der Waals surface area contributed by atoms with Gasteiger partial charge in [-0.1, -0.05) is 12.2 Å². The fourth-order valence-corrected chi connectivity index (χ4v) is 2.39. The maximum absolute atomic E-state index is 9.72. The minimum atomic E-state index is -0.477. The number of imidazole rings is 1. The number of hydrogen-bond acceptors (Lipinski definition) is 6. The van der Waals surface area contributed by atoms with Crippen molar-refractivity contribution in [3.8, 4) is 0 Å². The van der Waals surface area contributed by atoms with Gasteiger partial charge in [0, 0.05) is 6.42 Å². The molecule has 3 heterocycles. The predicted octanol–water partition coefficient (Wildman–Crippen LogP) is 0.739. The van der Waals surface area contributed by atoms with Crippen LogP contribution in [-0.4, -0.2) is 36.8 Å². The SMILES string of the molecule is CC1OC(n2cnc3c(=S)nc(N)[nH]c32)CC1O. The quantitative estimate of drug-likeness (QED) is 0.659. The number of nitrogens with one attached hydrogen (secondary N) is 1. The molecule has 4 N–H and O–H groups in total. The Morgan fingerprint density at radius 1 is 1.67 bits per heavy atom. The average molecular weight is 267 g/mol. The van der Waals surface area contributed by atoms with E-state index in [-0.39, 0.29) is 18.3 Å². The highest BCUT2D eigenvalue weighted by molar-refractivity contribution is 7.71. The topological polar surface area (TPSA) is 102 Å². The van der Waals surface area contributed by atoms with Crippen LogP contribution >= 0.6 is 12.2 Å². The van der Waals surface area contributed by atoms with Gasteiger partial charge >= 0.3 is 0 Å². The van der Waals surface area contributed by atoms with Crippen LogP contribution in [-0.2, 0) is 4.74 Å². The number of aromatic amines is 1. The van der Waals surface area contributed by atoms with Gasteiger partial charge in [0.2, 0.25) is 0 Å². The number of nitrogens with two attached hydrogens (primary N) is 1. The van der Waals surface area contributed by atoms with Crippen molar-refractivity contribution in [2.24, 2.45) is 0 Å². The van der Waals surface area contributed by atoms with E-state index in [1.807, 2.05) is 6.92 Å². The van der Waals surface area contributed by atoms with Crippen molar-refractivity contribution in [1.82, 2.24) is 19.5 Å². The van der Waals surface area contributed by atoms with E-state index in [0.717, 1.165) is 0 Å². The number of rotatable bonds is 1. The van der Waals surface area contributed by atoms with E-state index in [9.17, 15) is 5.11 Å². The van der Waals surface area contributed by atoms with Crippen molar-refractivity contribution in [1.29, 1.82) is 0 Å². The first-order valence-corrected chi connectivity index (χ1v) is 6.03. The van der Waals surface area contributed by atoms with Crippen LogP contribution < -0.4 is 5.73 Å². The summed E-state index contributed by atoms with van der Waals surface area (Å²) in [5.41, 5.74) is 6.89. The molecule has 1 saturated heterocycles. The number of H-pyrrole nitrogens is 1. The molecule has 2 aromatic rings. The maximum Gasteiger partial charge on any atom is 0.200 e. The highest BCUT2D eigenvalue weighted by Crippen LogP contribution is 2.30. The molecule has 0 radical (unpaired) electrons. The van der Waals surface area contributed by atoms with Crippen LogP contribution in [0.25, 0.3) is 11.2 Å². The van der Waals surface area contributed by atoms with Crippen molar-refractivity contribution in [2.75, 3.05) is 5.73 Å². The van der Waals surface area contributed by atoms with Crippen molar-refractivity contribution in [3.05, 3.63) is 11.0 Å². The average Bonchev–Trinajstić information content (AvgIpc) is 2.83. The molecule has 3 unspecified atom stereocenters. The molecule has 7 nitrogen and oxygen atoms in total. The molecule has 1 aliphatic heterocycles. The van der Waals surface area contributed by atoms with E-state index in [0.29, 0.717) is 22.2 Å². The van der Waals surface area contributed by atoms with E-state index < -0.39 is 6.10 Å². The van der Waals surface area contributed by atoms with Gasteiger partial charge in [0.1, 0.15) is 17.4 Å². The molecule has 0 aliphatic carbocycles. The molecule has 3 rings (SSSR count). The van der Waals surface area contributed by atoms with Gasteiger partial charge in [0.05, 0.1) is 18.5 Å². The first kappa shape index (κ1) is 11.6. The Kier molecular flexibility index (Phi) is 2.58. The Labute approximate surface area is 108 Å². The van der Waals surface area contributed by atoms with Crippen LogP contribution in [0.5, 0.6) is 0 Å². The lowest BCUT2D eigenvalue weighted by Crippen LogP contribution is -2.15. The Hall–Kier alpha value is -1.51. The molecule has 3 atom stereocenters. The van der Waals surface area contributed by atoms with Crippen LogP contribution in [0, 0.1) is 4.64 Å². The largest absolute Gasteiger partial charge is 0.390 e. The predicted molar refractivity (Wildman–Crippen MR) is 67.3 cm³/mol. The second kappa shape index (κ2) is 4.01. The summed E-state index contributed by atoms with van der Waals surface area (Å²) in [5, 5.41) is 9.72. The standard InChI is InChI=1S/C10H13N5O2S/c1-4-5(16)2-6(17-4)15-3-12-7-8(15)13-10(11)14-9(7)18/h3-6,16H,2H2,1H3,(H3,11,13,14,18). The maximum atomic E-state index is 9.72. The monoisotopic (exact) mass is 267 g/mol. The summed E-state index contributed by atoms with van der Waals surface area (Å²) in [6.45, 7) is 1.84. The third-order valence-electron chi connectivity index (χ3n) is 3.13. The Morgan fingerprint density at radius 2 is 2.44 bits per heavy atom. The first-order chi connectivity index (χ1) is 8.56. The van der Waals surface area contributed by atoms with Crippen molar-refractivity contribution in [2.45, 2.75) is 31.8 Å². The molecule has 8 heteroatoms. The van der Waals surface area contributed by atoms with Gasteiger partial charge in [0.15, 0.2) is 10.6 Å². The summed E-state index contributed by atoms with van der Waals surface area (Å²) in [5.74, 6) is 0.237. The number of aromatic nitrogens is 4. The van der Waals surface area contributed by atoms with Crippen LogP contribution in [0.1, 0.15) is 19.6 Å². The van der Waals surface area contributed by atoms with Gasteiger partial charge < -0.3 is 20.6 Å². The zero-order chi connectivity index (χ0) is 12.9. The first-order valence-electron chi connectivity index (χ1n) is 5.62. The molecular formula is C10H13N5O2S. The number of aliphatic hydroxyl groups is 1. The Bertz CT molecular complexity index is 641. The molecule has 96 valence electrons. The number of ether oxygens (including phenoxy) is 1. The summed E-state index contributed by atoms with van der Waals surface area (Å²) >= 11 is 5.10. The highest BCUT2D eigenvalue weighted by atomic mass is 32.1. The third-order valence-corrected chi connectivity index (χ3v) is 3.42. The van der Waals surface area contributed by atoms with E-state index in [1.54, 1.807) is 10.9 Å². The number of fused-ring (bicyclic) bond motifs is 1. The molecule has 0 spiro atoms. The van der Waals surface area contributed by atoms with E-state index >= 15 is 0 Å². The molecule has 0 aromatic carbocycles. The second-order valence-corrected chi connectivity index (χ2v) is 4.76. The van der Waals surface area contributed by atoms with Gasteiger partial charge in [-0.05, 0) is 6.92 Å². The lowest BCUT2D eigenvalue weighted by molar-refractivity contribution is -0.00631. The molecule has 1 fully saturated rings. The van der Waals surface area contributed by atoms with Crippen LogP contribution in [0.3, 0.4) is 0 Å². The Morgan fingerprint density at radius 3 is 3.11 bits per heavy atom. The zero-order valence-corrected chi connectivity index (χ0v) is 10.5. The minimum Gasteiger partial charge on any atom is -0.390 e. The molecule has 0 amide bonds. The molecule has 18 heavy (non-hydrogen) atoms. The number of aliphatic hydroxyl groups excluding tert-OH is 1. The summed E-state index contributed by atoms with van der Waals surface area (Å²) in [7, 11) is 0. The van der Waals surface area contributed by atoms with E-state index in [2.05, 4.69) is 15.0 Å². The smallest absolute Gasteiger partial charge is 0.200 e. The zero-order valence-electron chi connectivity index (χ0n) is 9.70. The molecule has 0 saturated carbocycles. The second-order valence-electron chi connectivity index (χ2n) is 4.38. The minimum absolute atomic E-state index is 0.199. The van der Waals surface area contributed by atoms with Crippen molar-refractivity contribution >= 4 is 29.3 Å². The lowest BCUT2D eigenvalue weighted by atomic mass is 10.2. The molecule has 2 aromatic heterocycles. The van der Waals surface area contributed by atoms with Gasteiger partial charge in [0.25, 0.3) is 0 Å². The van der Waals surface area contributed by atoms with Crippen LogP contribution in [0.4, 0.5) is 5.95 Å². The Balaban J connectivity index is 2.11. The summed E-state index contributed by atoms with van der Waals surface area (Å²) in [4.78, 5) is 11.1. The van der Waals surface area contributed by atoms with Crippen LogP contribution in [0.15, 0.2) is 6.33 Å². The van der Waals surface area contributed by atoms with Crippen LogP contribution in [0.2, 0.25) is 0 Å². The summed E-state index contributed by atoms with van der Waals surface area (Å²) in [6.07, 6.45) is 1.18. The lowest BCUT2D eigenvalue weighted by Gasteiger charge is -2.12. The number of hydrogen-bond donors (Lipinski definition) is 3. The molecular weight excluding hydrogens is 254 g/mol. The number of nitrogens with zero attached hydrogens (tertiary/aromatic N) is 3. The fraction of sp³-hybridized carbons (Fsp3) is 0.500. The fourth-order valence-electron chi connectivity index (χ4n) is 2.14. The highest BCUT2D eigenvalue weighted by Gasteiger charge is 2.32. The molecule has 1 aliphatic rings. The van der Waals surface area contributed by atoms with Gasteiger partial charge in [-0.2, -0.15) is 0 Å². The van der Waals surface area contributed by atoms with Gasteiger partial charge in [-0.15, -0.1) is 0 Å². The van der Waals surface area contributed by atoms with E-state index in [1.165, 1.54) is 0 Å². The number of anilines is 1. The third kappa shape index (κ3) is 1.69. The van der Waals surface area contributed by atoms with Gasteiger partial charge in [-0.25, -0.2) is 9.97 Å². The normalized spacial score (nSPS) is 28.0. The summed E-state index contributed by atoms with van der Waals surface area (Å²) in [6, 6.07) is 0.